The van der Waals surface area contributed by atoms with E-state index >= 15 is 0 Å². The molecule has 0 saturated heterocycles. The molecule has 0 spiro atoms. The molecule has 1 amide bonds. The van der Waals surface area contributed by atoms with Gasteiger partial charge in [-0.05, 0) is 49.4 Å². The fourth-order valence-corrected chi connectivity index (χ4v) is 10.8. The number of hydrogen-bond donors (Lipinski definition) is 1. The van der Waals surface area contributed by atoms with Crippen molar-refractivity contribution >= 4 is 26.5 Å². The van der Waals surface area contributed by atoms with Gasteiger partial charge in [0.15, 0.2) is 0 Å². The minimum absolute atomic E-state index is 0.0986. The number of ether oxygens (including phenoxy) is 4. The molecule has 36 heavy (non-hydrogen) atoms. The lowest BCUT2D eigenvalue weighted by Crippen LogP contribution is -2.51. The fraction of sp³-hybridized carbons (Fsp3) is 0.808. The lowest BCUT2D eigenvalue weighted by molar-refractivity contribution is -0.143. The van der Waals surface area contributed by atoms with E-state index in [9.17, 15) is 14.4 Å². The molecule has 0 aromatic rings. The third kappa shape index (κ3) is 8.79. The molecule has 208 valence electrons. The molecule has 1 aliphatic rings. The quantitative estimate of drug-likeness (QED) is 0.162. The standard InChI is InChI=1S/C26H47NO8Si/c1-16(2)36(17(3)4,18(5)6)35-20-13-12-19(22(15-20)33-25(30)32-11)14-21(23(28)31-10)27-24(29)34-26(7,8)9/h12,16-18,20-22H,13-15H2,1-11H3,(H,27,29)/t20-,21-,22+/m0/s1. The topological polar surface area (TPSA) is 109 Å². The van der Waals surface area contributed by atoms with E-state index in [0.29, 0.717) is 35.0 Å². The Morgan fingerprint density at radius 3 is 2.00 bits per heavy atom. The van der Waals surface area contributed by atoms with Gasteiger partial charge >= 0.3 is 18.2 Å². The van der Waals surface area contributed by atoms with Crippen LogP contribution in [0.15, 0.2) is 11.6 Å². The summed E-state index contributed by atoms with van der Waals surface area (Å²) in [5.41, 5.74) is 1.19. The lowest BCUT2D eigenvalue weighted by Gasteiger charge is -2.46. The first kappa shape index (κ1) is 32.0. The van der Waals surface area contributed by atoms with Gasteiger partial charge in [-0.3, -0.25) is 0 Å². The van der Waals surface area contributed by atoms with Crippen LogP contribution in [0.1, 0.15) is 81.6 Å². The molecule has 0 aliphatic heterocycles. The summed E-state index contributed by atoms with van der Waals surface area (Å²) in [4.78, 5) is 36.9. The Morgan fingerprint density at radius 1 is 1.00 bits per heavy atom. The zero-order valence-electron chi connectivity index (χ0n) is 23.9. The number of hydrogen-bond acceptors (Lipinski definition) is 8. The summed E-state index contributed by atoms with van der Waals surface area (Å²) in [6.45, 7) is 18.5. The Kier molecular flexibility index (Phi) is 12.0. The molecule has 1 rings (SSSR count). The largest absolute Gasteiger partial charge is 0.508 e. The van der Waals surface area contributed by atoms with Crippen LogP contribution in [0.25, 0.3) is 0 Å². The zero-order valence-corrected chi connectivity index (χ0v) is 24.9. The average Bonchev–Trinajstić information content (AvgIpc) is 2.75. The highest BCUT2D eigenvalue weighted by Crippen LogP contribution is 2.44. The summed E-state index contributed by atoms with van der Waals surface area (Å²) in [7, 11) is 0.336. The van der Waals surface area contributed by atoms with Gasteiger partial charge in [-0.15, -0.1) is 0 Å². The summed E-state index contributed by atoms with van der Waals surface area (Å²) in [5.74, 6) is -0.622. The maximum Gasteiger partial charge on any atom is 0.508 e. The van der Waals surface area contributed by atoms with Gasteiger partial charge in [-0.1, -0.05) is 47.6 Å². The van der Waals surface area contributed by atoms with Crippen LogP contribution in [0, 0.1) is 0 Å². The first-order valence-electron chi connectivity index (χ1n) is 12.8. The van der Waals surface area contributed by atoms with Crippen molar-refractivity contribution in [3.63, 3.8) is 0 Å². The van der Waals surface area contributed by atoms with Crippen molar-refractivity contribution in [1.29, 1.82) is 0 Å². The number of alkyl carbamates (subject to hydrolysis) is 1. The Hall–Kier alpha value is -2.07. The van der Waals surface area contributed by atoms with Crippen LogP contribution in [0.3, 0.4) is 0 Å². The third-order valence-corrected chi connectivity index (χ3v) is 12.8. The van der Waals surface area contributed by atoms with Crippen LogP contribution in [0.4, 0.5) is 9.59 Å². The van der Waals surface area contributed by atoms with Crippen LogP contribution in [0.2, 0.25) is 16.6 Å². The maximum atomic E-state index is 12.5. The van der Waals surface area contributed by atoms with Crippen molar-refractivity contribution in [2.45, 2.75) is 122 Å². The van der Waals surface area contributed by atoms with Crippen molar-refractivity contribution < 1.29 is 37.8 Å². The summed E-state index contributed by atoms with van der Waals surface area (Å²) >= 11 is 0. The molecule has 0 fully saturated rings. The highest BCUT2D eigenvalue weighted by Gasteiger charge is 2.47. The molecule has 0 aromatic heterocycles. The van der Waals surface area contributed by atoms with E-state index < -0.39 is 44.3 Å². The van der Waals surface area contributed by atoms with Crippen LogP contribution >= 0.6 is 0 Å². The first-order chi connectivity index (χ1) is 16.6. The van der Waals surface area contributed by atoms with Gasteiger partial charge in [0.25, 0.3) is 0 Å². The monoisotopic (exact) mass is 529 g/mol. The van der Waals surface area contributed by atoms with Crippen LogP contribution < -0.4 is 5.32 Å². The van der Waals surface area contributed by atoms with E-state index in [4.69, 9.17) is 23.4 Å². The maximum absolute atomic E-state index is 12.5. The van der Waals surface area contributed by atoms with Crippen molar-refractivity contribution in [3.8, 4) is 0 Å². The Balaban J connectivity index is 3.22. The van der Waals surface area contributed by atoms with Gasteiger partial charge in [0.1, 0.15) is 17.7 Å². The van der Waals surface area contributed by atoms with Gasteiger partial charge in [0.05, 0.1) is 20.3 Å². The van der Waals surface area contributed by atoms with Crippen LogP contribution in [-0.2, 0) is 28.2 Å². The first-order valence-corrected chi connectivity index (χ1v) is 14.9. The van der Waals surface area contributed by atoms with E-state index in [-0.39, 0.29) is 12.5 Å². The minimum Gasteiger partial charge on any atom is -0.467 e. The van der Waals surface area contributed by atoms with Crippen molar-refractivity contribution in [3.05, 3.63) is 11.6 Å². The second kappa shape index (κ2) is 13.5. The molecular weight excluding hydrogens is 482 g/mol. The molecular formula is C26H47NO8Si. The van der Waals surface area contributed by atoms with Gasteiger partial charge in [-0.2, -0.15) is 0 Å². The second-order valence-electron chi connectivity index (χ2n) is 11.3. The molecule has 0 heterocycles. The third-order valence-electron chi connectivity index (χ3n) is 6.63. The molecule has 3 atom stereocenters. The molecule has 0 radical (unpaired) electrons. The molecule has 0 aromatic carbocycles. The highest BCUT2D eigenvalue weighted by molar-refractivity contribution is 6.77. The molecule has 9 nitrogen and oxygen atoms in total. The second-order valence-corrected chi connectivity index (χ2v) is 16.7. The van der Waals surface area contributed by atoms with Crippen LogP contribution in [-0.4, -0.2) is 64.6 Å². The van der Waals surface area contributed by atoms with E-state index in [0.717, 1.165) is 0 Å². The average molecular weight is 530 g/mol. The number of carbonyl (C=O) groups is 3. The molecule has 1 N–H and O–H groups in total. The summed E-state index contributed by atoms with van der Waals surface area (Å²) < 4.78 is 27.5. The molecule has 0 bridgehead atoms. The lowest BCUT2D eigenvalue weighted by atomic mass is 9.90. The normalized spacial score (nSPS) is 19.6. The molecule has 0 unspecified atom stereocenters. The zero-order chi connectivity index (χ0) is 27.8. The van der Waals surface area contributed by atoms with E-state index in [2.05, 4.69) is 46.9 Å². The van der Waals surface area contributed by atoms with E-state index in [1.807, 2.05) is 6.08 Å². The van der Waals surface area contributed by atoms with Gasteiger partial charge < -0.3 is 28.7 Å². The molecule has 10 heteroatoms. The van der Waals surface area contributed by atoms with Crippen molar-refractivity contribution in [1.82, 2.24) is 5.32 Å². The Morgan fingerprint density at radius 2 is 1.56 bits per heavy atom. The van der Waals surface area contributed by atoms with Gasteiger partial charge in [-0.25, -0.2) is 14.4 Å². The Labute approximate surface area is 217 Å². The van der Waals surface area contributed by atoms with Crippen molar-refractivity contribution in [2.24, 2.45) is 0 Å². The van der Waals surface area contributed by atoms with Crippen LogP contribution in [0.5, 0.6) is 0 Å². The number of esters is 1. The predicted octanol–water partition coefficient (Wildman–Crippen LogP) is 5.88. The number of rotatable bonds is 10. The summed E-state index contributed by atoms with van der Waals surface area (Å²) in [6, 6.07) is -1.01. The fourth-order valence-electron chi connectivity index (χ4n) is 5.22. The smallest absolute Gasteiger partial charge is 0.467 e. The summed E-state index contributed by atoms with van der Waals surface area (Å²) in [5, 5.41) is 2.58. The van der Waals surface area contributed by atoms with Gasteiger partial charge in [0, 0.05) is 12.8 Å². The predicted molar refractivity (Wildman–Crippen MR) is 140 cm³/mol. The van der Waals surface area contributed by atoms with Crippen molar-refractivity contribution in [2.75, 3.05) is 14.2 Å². The van der Waals surface area contributed by atoms with E-state index in [1.165, 1.54) is 14.2 Å². The number of carbonyl (C=O) groups excluding carboxylic acids is 3. The number of amides is 1. The minimum atomic E-state index is -2.16. The number of nitrogens with one attached hydrogen (secondary N) is 1. The number of methoxy groups -OCH3 is 2. The Bertz CT molecular complexity index is 766. The molecule has 0 saturated carbocycles. The SMILES string of the molecule is COC(=O)O[C@@H]1C[C@@H](O[Si](C(C)C)(C(C)C)C(C)C)CC=C1C[C@H](NC(=O)OC(C)(C)C)C(=O)OC. The van der Waals surface area contributed by atoms with Gasteiger partial charge in [0.2, 0.25) is 8.32 Å². The highest BCUT2D eigenvalue weighted by atomic mass is 28.4. The summed E-state index contributed by atoms with van der Waals surface area (Å²) in [6.07, 6.45) is 0.721. The molecule has 1 aliphatic carbocycles. The van der Waals surface area contributed by atoms with E-state index in [1.54, 1.807) is 20.8 Å².